The maximum absolute atomic E-state index is 12.9. The van der Waals surface area contributed by atoms with Gasteiger partial charge in [0, 0.05) is 0 Å². The van der Waals surface area contributed by atoms with Crippen LogP contribution >= 0.6 is 11.3 Å². The van der Waals surface area contributed by atoms with Gasteiger partial charge in [-0.2, -0.15) is 5.10 Å². The van der Waals surface area contributed by atoms with Gasteiger partial charge in [0.1, 0.15) is 11.6 Å². The molecule has 0 amide bonds. The normalized spacial score (nSPS) is 12.5. The molecule has 0 saturated carbocycles. The molecule has 4 nitrogen and oxygen atoms in total. The Morgan fingerprint density at radius 3 is 2.68 bits per heavy atom. The zero-order valence-corrected chi connectivity index (χ0v) is 10.7. The van der Waals surface area contributed by atoms with Crippen LogP contribution in [0.5, 0.6) is 0 Å². The van der Waals surface area contributed by atoms with Crippen LogP contribution in [0, 0.1) is 5.82 Å². The Morgan fingerprint density at radius 2 is 2.00 bits per heavy atom. The van der Waals surface area contributed by atoms with Crippen molar-refractivity contribution in [3.63, 3.8) is 0 Å². The first kappa shape index (κ1) is 12.0. The van der Waals surface area contributed by atoms with Crippen LogP contribution in [-0.4, -0.2) is 15.2 Å². The van der Waals surface area contributed by atoms with E-state index in [2.05, 4.69) is 15.2 Å². The number of nitrogens with one attached hydrogen (secondary N) is 1. The highest BCUT2D eigenvalue weighted by Crippen LogP contribution is 2.23. The van der Waals surface area contributed by atoms with E-state index in [1.165, 1.54) is 12.1 Å². The summed E-state index contributed by atoms with van der Waals surface area (Å²) in [6.45, 7) is 0. The number of aromatic amines is 1. The van der Waals surface area contributed by atoms with Crippen molar-refractivity contribution in [3.8, 4) is 10.7 Å². The predicted octanol–water partition coefficient (Wildman–Crippen LogP) is 2.72. The largest absolute Gasteiger partial charge is 0.318 e. The highest BCUT2D eigenvalue weighted by Gasteiger charge is 2.15. The van der Waals surface area contributed by atoms with E-state index in [1.54, 1.807) is 23.5 Å². The zero-order chi connectivity index (χ0) is 13.2. The van der Waals surface area contributed by atoms with E-state index in [1.807, 2.05) is 17.5 Å². The van der Waals surface area contributed by atoms with Crippen LogP contribution in [0.4, 0.5) is 4.39 Å². The van der Waals surface area contributed by atoms with Gasteiger partial charge in [-0.1, -0.05) is 18.2 Å². The monoisotopic (exact) mass is 274 g/mol. The van der Waals surface area contributed by atoms with E-state index in [0.717, 1.165) is 10.4 Å². The first-order chi connectivity index (χ1) is 9.24. The topological polar surface area (TPSA) is 67.6 Å². The molecule has 6 heteroatoms. The van der Waals surface area contributed by atoms with Gasteiger partial charge < -0.3 is 5.73 Å². The number of hydrogen-bond donors (Lipinski definition) is 2. The lowest BCUT2D eigenvalue weighted by Gasteiger charge is -2.07. The fourth-order valence-electron chi connectivity index (χ4n) is 1.76. The smallest absolute Gasteiger partial charge is 0.191 e. The summed E-state index contributed by atoms with van der Waals surface area (Å²) in [7, 11) is 0. The predicted molar refractivity (Wildman–Crippen MR) is 72.1 cm³/mol. The van der Waals surface area contributed by atoms with Gasteiger partial charge in [-0.3, -0.25) is 5.10 Å². The summed E-state index contributed by atoms with van der Waals surface area (Å²) in [4.78, 5) is 5.36. The Bertz CT molecular complexity index is 660. The van der Waals surface area contributed by atoms with Crippen molar-refractivity contribution >= 4 is 11.3 Å². The molecule has 19 heavy (non-hydrogen) atoms. The Kier molecular flexibility index (Phi) is 3.10. The lowest BCUT2D eigenvalue weighted by atomic mass is 10.1. The molecule has 0 radical (unpaired) electrons. The van der Waals surface area contributed by atoms with Crippen LogP contribution < -0.4 is 5.73 Å². The number of rotatable bonds is 3. The minimum atomic E-state index is -0.443. The molecule has 3 aromatic rings. The maximum atomic E-state index is 12.9. The van der Waals surface area contributed by atoms with Crippen LogP contribution in [0.1, 0.15) is 17.4 Å². The maximum Gasteiger partial charge on any atom is 0.191 e. The van der Waals surface area contributed by atoms with Crippen LogP contribution in [0.2, 0.25) is 0 Å². The summed E-state index contributed by atoms with van der Waals surface area (Å²) in [6.07, 6.45) is 0. The van der Waals surface area contributed by atoms with Gasteiger partial charge in [-0.05, 0) is 29.1 Å². The van der Waals surface area contributed by atoms with Gasteiger partial charge in [0.15, 0.2) is 5.82 Å². The molecule has 2 heterocycles. The van der Waals surface area contributed by atoms with E-state index < -0.39 is 6.04 Å². The summed E-state index contributed by atoms with van der Waals surface area (Å²) in [5.74, 6) is 0.908. The van der Waals surface area contributed by atoms with Gasteiger partial charge in [0.05, 0.1) is 10.9 Å². The quantitative estimate of drug-likeness (QED) is 0.771. The SMILES string of the molecule is NC(c1ccc(F)cc1)c1nc(-c2cccs2)n[nH]1. The minimum absolute atomic E-state index is 0.284. The van der Waals surface area contributed by atoms with Gasteiger partial charge in [-0.15, -0.1) is 11.3 Å². The molecule has 0 fully saturated rings. The van der Waals surface area contributed by atoms with Crippen molar-refractivity contribution in [2.45, 2.75) is 6.04 Å². The molecule has 96 valence electrons. The second-order valence-corrected chi connectivity index (χ2v) is 5.00. The number of benzene rings is 1. The van der Waals surface area contributed by atoms with Gasteiger partial charge in [0.25, 0.3) is 0 Å². The lowest BCUT2D eigenvalue weighted by molar-refractivity contribution is 0.626. The highest BCUT2D eigenvalue weighted by molar-refractivity contribution is 7.13. The van der Waals surface area contributed by atoms with Crippen LogP contribution in [0.25, 0.3) is 10.7 Å². The molecule has 3 N–H and O–H groups in total. The summed E-state index contributed by atoms with van der Waals surface area (Å²) >= 11 is 1.56. The highest BCUT2D eigenvalue weighted by atomic mass is 32.1. The van der Waals surface area contributed by atoms with E-state index in [4.69, 9.17) is 5.73 Å². The van der Waals surface area contributed by atoms with Gasteiger partial charge in [-0.25, -0.2) is 9.37 Å². The Hall–Kier alpha value is -2.05. The van der Waals surface area contributed by atoms with Crippen LogP contribution in [0.3, 0.4) is 0 Å². The fourth-order valence-corrected chi connectivity index (χ4v) is 2.41. The number of nitrogens with zero attached hydrogens (tertiary/aromatic N) is 2. The first-order valence-corrected chi connectivity index (χ1v) is 6.59. The fraction of sp³-hybridized carbons (Fsp3) is 0.0769. The lowest BCUT2D eigenvalue weighted by Crippen LogP contribution is -2.13. The summed E-state index contributed by atoms with van der Waals surface area (Å²) in [5, 5.41) is 8.94. The van der Waals surface area contributed by atoms with E-state index >= 15 is 0 Å². The third-order valence-corrected chi connectivity index (χ3v) is 3.63. The number of nitrogens with two attached hydrogens (primary N) is 1. The molecule has 0 saturated heterocycles. The van der Waals surface area contributed by atoms with Crippen LogP contribution in [-0.2, 0) is 0 Å². The molecule has 0 aliphatic heterocycles. The Morgan fingerprint density at radius 1 is 1.21 bits per heavy atom. The van der Waals surface area contributed by atoms with Crippen molar-refractivity contribution < 1.29 is 4.39 Å². The number of thiophene rings is 1. The summed E-state index contributed by atoms with van der Waals surface area (Å²) < 4.78 is 12.9. The molecule has 1 aromatic carbocycles. The third-order valence-electron chi connectivity index (χ3n) is 2.77. The molecular weight excluding hydrogens is 263 g/mol. The minimum Gasteiger partial charge on any atom is -0.318 e. The average molecular weight is 274 g/mol. The molecule has 2 aromatic heterocycles. The van der Waals surface area contributed by atoms with E-state index in [0.29, 0.717) is 11.6 Å². The van der Waals surface area contributed by atoms with Crippen molar-refractivity contribution in [2.24, 2.45) is 5.73 Å². The standard InChI is InChI=1S/C13H11FN4S/c14-9-5-3-8(4-6-9)11(15)13-16-12(17-18-13)10-2-1-7-19-10/h1-7,11H,15H2,(H,16,17,18). The van der Waals surface area contributed by atoms with Crippen molar-refractivity contribution in [1.29, 1.82) is 0 Å². The molecule has 3 rings (SSSR count). The number of H-pyrrole nitrogens is 1. The second-order valence-electron chi connectivity index (χ2n) is 4.05. The molecular formula is C13H11FN4S. The Labute approximate surface area is 113 Å². The van der Waals surface area contributed by atoms with Crippen molar-refractivity contribution in [1.82, 2.24) is 15.2 Å². The molecule has 0 bridgehead atoms. The average Bonchev–Trinajstić information content (AvgIpc) is 3.10. The molecule has 0 spiro atoms. The molecule has 0 aliphatic carbocycles. The van der Waals surface area contributed by atoms with Crippen molar-refractivity contribution in [2.75, 3.05) is 0 Å². The molecule has 1 unspecified atom stereocenters. The van der Waals surface area contributed by atoms with Crippen molar-refractivity contribution in [3.05, 3.63) is 59.0 Å². The number of hydrogen-bond acceptors (Lipinski definition) is 4. The van der Waals surface area contributed by atoms with E-state index in [9.17, 15) is 4.39 Å². The second kappa shape index (κ2) is 4.91. The summed E-state index contributed by atoms with van der Waals surface area (Å²) in [5.41, 5.74) is 6.87. The zero-order valence-electron chi connectivity index (χ0n) is 9.88. The number of halogens is 1. The first-order valence-electron chi connectivity index (χ1n) is 5.71. The Balaban J connectivity index is 1.88. The third kappa shape index (κ3) is 2.40. The summed E-state index contributed by atoms with van der Waals surface area (Å²) in [6, 6.07) is 9.50. The molecule has 0 aliphatic rings. The van der Waals surface area contributed by atoms with Gasteiger partial charge >= 0.3 is 0 Å². The van der Waals surface area contributed by atoms with Gasteiger partial charge in [0.2, 0.25) is 0 Å². The molecule has 1 atom stereocenters. The van der Waals surface area contributed by atoms with E-state index in [-0.39, 0.29) is 5.82 Å². The van der Waals surface area contributed by atoms with Crippen LogP contribution in [0.15, 0.2) is 41.8 Å². The number of aromatic nitrogens is 3.